The molecule has 0 radical (unpaired) electrons. The van der Waals surface area contributed by atoms with E-state index in [-0.39, 0.29) is 35.1 Å². The zero-order valence-corrected chi connectivity index (χ0v) is 19.3. The lowest BCUT2D eigenvalue weighted by Crippen LogP contribution is -2.72. The van der Waals surface area contributed by atoms with Crippen molar-refractivity contribution in [1.29, 1.82) is 0 Å². The van der Waals surface area contributed by atoms with Crippen molar-refractivity contribution in [2.75, 3.05) is 53.3 Å². The van der Waals surface area contributed by atoms with E-state index < -0.39 is 12.1 Å². The minimum atomic E-state index is -0.528. The molecular formula is C21H29N5O5S. The topological polar surface area (TPSA) is 103 Å². The van der Waals surface area contributed by atoms with Crippen molar-refractivity contribution < 1.29 is 23.9 Å². The maximum atomic E-state index is 13.1. The van der Waals surface area contributed by atoms with Crippen molar-refractivity contribution in [3.63, 3.8) is 0 Å². The quantitative estimate of drug-likeness (QED) is 0.642. The molecule has 0 bridgehead atoms. The molecule has 10 nitrogen and oxygen atoms in total. The second-order valence-electron chi connectivity index (χ2n) is 8.03. The first-order valence-electron chi connectivity index (χ1n) is 10.6. The summed E-state index contributed by atoms with van der Waals surface area (Å²) >= 11 is 1.41. The van der Waals surface area contributed by atoms with E-state index in [4.69, 9.17) is 9.47 Å². The van der Waals surface area contributed by atoms with Crippen molar-refractivity contribution in [3.05, 3.63) is 29.8 Å². The Hall–Kier alpha value is -2.34. The number of carbonyl (C=O) groups is 3. The number of rotatable bonds is 5. The fraction of sp³-hybridized carbons (Fsp3) is 0.571. The van der Waals surface area contributed by atoms with Crippen molar-refractivity contribution in [1.82, 2.24) is 25.3 Å². The number of urea groups is 1. The van der Waals surface area contributed by atoms with Gasteiger partial charge in [0, 0.05) is 27.2 Å². The molecule has 4 atom stereocenters. The van der Waals surface area contributed by atoms with Crippen LogP contribution in [0.15, 0.2) is 24.3 Å². The number of carbonyl (C=O) groups excluding carboxylic acids is 3. The number of morpholine rings is 1. The number of imide groups is 1. The molecule has 3 heterocycles. The number of fused-ring (bicyclic) bond motifs is 1. The van der Waals surface area contributed by atoms with Crippen LogP contribution in [-0.2, 0) is 14.3 Å². The zero-order valence-electron chi connectivity index (χ0n) is 18.4. The Bertz CT molecular complexity index is 863. The largest absolute Gasteiger partial charge is 0.497 e. The van der Waals surface area contributed by atoms with Crippen LogP contribution in [0.2, 0.25) is 0 Å². The molecule has 0 aliphatic carbocycles. The predicted octanol–water partition coefficient (Wildman–Crippen LogP) is 0.271. The standard InChI is InChI=1S/C21H29N5O5S/c1-24-18-16(20(28)25(2)21(24)29)19(32-12-15(27)26-8-10-31-11-9-26)23-17(22-18)13-4-6-14(30-3)7-5-13/h4-7,16-19,22-23H,8-12H2,1-3H3. The Morgan fingerprint density at radius 1 is 1.16 bits per heavy atom. The highest BCUT2D eigenvalue weighted by Crippen LogP contribution is 2.34. The highest BCUT2D eigenvalue weighted by molar-refractivity contribution is 8.00. The van der Waals surface area contributed by atoms with Crippen molar-refractivity contribution in [2.24, 2.45) is 5.92 Å². The molecular weight excluding hydrogens is 434 g/mol. The van der Waals surface area contributed by atoms with Crippen LogP contribution in [0.25, 0.3) is 0 Å². The molecule has 2 N–H and O–H groups in total. The SMILES string of the molecule is COc1ccc(C2NC(SCC(=O)N3CCOCC3)C3C(=O)N(C)C(=O)N(C)C3N2)cc1. The number of methoxy groups -OCH3 is 1. The average molecular weight is 464 g/mol. The third-order valence-electron chi connectivity index (χ3n) is 6.16. The minimum absolute atomic E-state index is 0.0252. The summed E-state index contributed by atoms with van der Waals surface area (Å²) in [7, 11) is 4.79. The van der Waals surface area contributed by atoms with E-state index in [9.17, 15) is 14.4 Å². The Kier molecular flexibility index (Phi) is 6.89. The third kappa shape index (κ3) is 4.42. The fourth-order valence-corrected chi connectivity index (χ4v) is 5.46. The van der Waals surface area contributed by atoms with Gasteiger partial charge in [-0.15, -0.1) is 11.8 Å². The molecule has 3 aliphatic rings. The number of hydrogen-bond acceptors (Lipinski definition) is 8. The van der Waals surface area contributed by atoms with Crippen LogP contribution in [0.4, 0.5) is 4.79 Å². The Balaban J connectivity index is 1.54. The molecule has 11 heteroatoms. The van der Waals surface area contributed by atoms with Crippen molar-refractivity contribution in [3.8, 4) is 5.75 Å². The molecule has 0 aromatic heterocycles. The van der Waals surface area contributed by atoms with Gasteiger partial charge in [-0.2, -0.15) is 0 Å². The lowest BCUT2D eigenvalue weighted by atomic mass is 9.96. The number of nitrogens with zero attached hydrogens (tertiary/aromatic N) is 3. The number of hydrogen-bond donors (Lipinski definition) is 2. The van der Waals surface area contributed by atoms with Crippen molar-refractivity contribution >= 4 is 29.6 Å². The lowest BCUT2D eigenvalue weighted by Gasteiger charge is -2.50. The number of benzene rings is 1. The maximum Gasteiger partial charge on any atom is 0.327 e. The lowest BCUT2D eigenvalue weighted by molar-refractivity contribution is -0.140. The van der Waals surface area contributed by atoms with E-state index in [2.05, 4.69) is 10.6 Å². The van der Waals surface area contributed by atoms with E-state index in [1.807, 2.05) is 24.3 Å². The van der Waals surface area contributed by atoms with E-state index >= 15 is 0 Å². The van der Waals surface area contributed by atoms with E-state index in [0.717, 1.165) is 16.2 Å². The summed E-state index contributed by atoms with van der Waals surface area (Å²) in [5.74, 6) is 0.218. The van der Waals surface area contributed by atoms with Crippen LogP contribution in [0.5, 0.6) is 5.75 Å². The van der Waals surface area contributed by atoms with Gasteiger partial charge in [0.15, 0.2) is 0 Å². The maximum absolute atomic E-state index is 13.1. The fourth-order valence-electron chi connectivity index (χ4n) is 4.25. The summed E-state index contributed by atoms with van der Waals surface area (Å²) in [6.07, 6.45) is -0.792. The number of ether oxygens (including phenoxy) is 2. The molecule has 3 saturated heterocycles. The van der Waals surface area contributed by atoms with Crippen LogP contribution in [0, 0.1) is 5.92 Å². The highest BCUT2D eigenvalue weighted by atomic mass is 32.2. The summed E-state index contributed by atoms with van der Waals surface area (Å²) in [5, 5.41) is 6.53. The molecule has 4 unspecified atom stereocenters. The average Bonchev–Trinajstić information content (AvgIpc) is 2.84. The van der Waals surface area contributed by atoms with Gasteiger partial charge in [0.2, 0.25) is 11.8 Å². The predicted molar refractivity (Wildman–Crippen MR) is 119 cm³/mol. The van der Waals surface area contributed by atoms with Gasteiger partial charge in [0.1, 0.15) is 5.75 Å². The van der Waals surface area contributed by atoms with Gasteiger partial charge in [-0.3, -0.25) is 25.1 Å². The van der Waals surface area contributed by atoms with Crippen LogP contribution in [0.1, 0.15) is 11.7 Å². The van der Waals surface area contributed by atoms with Gasteiger partial charge in [-0.1, -0.05) is 12.1 Å². The molecule has 1 aromatic rings. The Morgan fingerprint density at radius 3 is 2.50 bits per heavy atom. The van der Waals surface area contributed by atoms with E-state index in [1.165, 1.54) is 18.8 Å². The summed E-state index contributed by atoms with van der Waals surface area (Å²) in [6, 6.07) is 7.24. The van der Waals surface area contributed by atoms with Gasteiger partial charge in [-0.05, 0) is 17.7 Å². The number of nitrogens with one attached hydrogen (secondary N) is 2. The molecule has 1 aromatic carbocycles. The normalized spacial score (nSPS) is 28.5. The number of thioether (sulfide) groups is 1. The number of amides is 4. The van der Waals surface area contributed by atoms with Crippen LogP contribution in [-0.4, -0.2) is 97.3 Å². The first-order chi connectivity index (χ1) is 15.4. The van der Waals surface area contributed by atoms with Crippen LogP contribution >= 0.6 is 11.8 Å². The summed E-state index contributed by atoms with van der Waals surface area (Å²) < 4.78 is 10.6. The summed E-state index contributed by atoms with van der Waals surface area (Å²) in [5.41, 5.74) is 0.946. The molecule has 0 saturated carbocycles. The monoisotopic (exact) mass is 463 g/mol. The molecule has 174 valence electrons. The molecule has 0 spiro atoms. The first kappa shape index (κ1) is 22.8. The first-order valence-corrected chi connectivity index (χ1v) is 11.6. The summed E-state index contributed by atoms with van der Waals surface area (Å²) in [6.45, 7) is 2.25. The molecule has 4 rings (SSSR count). The highest BCUT2D eigenvalue weighted by Gasteiger charge is 2.51. The van der Waals surface area contributed by atoms with Gasteiger partial charge in [0.25, 0.3) is 0 Å². The second-order valence-corrected chi connectivity index (χ2v) is 9.16. The molecule has 32 heavy (non-hydrogen) atoms. The molecule has 3 aliphatic heterocycles. The van der Waals surface area contributed by atoms with Gasteiger partial charge >= 0.3 is 6.03 Å². The third-order valence-corrected chi connectivity index (χ3v) is 7.36. The molecule has 3 fully saturated rings. The second kappa shape index (κ2) is 9.65. The van der Waals surface area contributed by atoms with Gasteiger partial charge < -0.3 is 19.3 Å². The smallest absolute Gasteiger partial charge is 0.327 e. The molecule has 4 amide bonds. The minimum Gasteiger partial charge on any atom is -0.497 e. The zero-order chi connectivity index (χ0) is 22.8. The Morgan fingerprint density at radius 2 is 1.84 bits per heavy atom. The van der Waals surface area contributed by atoms with E-state index in [1.54, 1.807) is 24.0 Å². The van der Waals surface area contributed by atoms with Gasteiger partial charge in [0.05, 0.1) is 49.7 Å². The van der Waals surface area contributed by atoms with Crippen LogP contribution in [0.3, 0.4) is 0 Å². The summed E-state index contributed by atoms with van der Waals surface area (Å²) in [4.78, 5) is 42.8. The van der Waals surface area contributed by atoms with E-state index in [0.29, 0.717) is 26.3 Å². The Labute approximate surface area is 191 Å². The van der Waals surface area contributed by atoms with Gasteiger partial charge in [-0.25, -0.2) is 4.79 Å². The van der Waals surface area contributed by atoms with Crippen LogP contribution < -0.4 is 15.4 Å². The van der Waals surface area contributed by atoms with Crippen molar-refractivity contribution in [2.45, 2.75) is 17.7 Å².